The molecule has 2 N–H and O–H groups in total. The molecule has 1 aromatic heterocycles. The summed E-state index contributed by atoms with van der Waals surface area (Å²) in [4.78, 5) is 8.07. The first kappa shape index (κ1) is 22.2. The molecule has 1 aliphatic heterocycles. The van der Waals surface area contributed by atoms with E-state index in [0.717, 1.165) is 25.5 Å². The van der Waals surface area contributed by atoms with Crippen LogP contribution in [0.2, 0.25) is 0 Å². The number of hydrogen-bond donors (Lipinski definition) is 2. The van der Waals surface area contributed by atoms with Crippen LogP contribution >= 0.6 is 0 Å². The quantitative estimate of drug-likeness (QED) is 0.354. The fourth-order valence-electron chi connectivity index (χ4n) is 2.53. The lowest BCUT2D eigenvalue weighted by Gasteiger charge is -2.14. The molecule has 0 aliphatic carbocycles. The number of halogens is 3. The SMILES string of the molecule is CCNC(=NCCCOC1CCOC1)NCCOc1ncccc1C(F)(F)F. The van der Waals surface area contributed by atoms with Gasteiger partial charge >= 0.3 is 6.18 Å². The molecule has 1 fully saturated rings. The van der Waals surface area contributed by atoms with Gasteiger partial charge in [-0.15, -0.1) is 0 Å². The van der Waals surface area contributed by atoms with Crippen molar-refractivity contribution in [2.75, 3.05) is 46.1 Å². The second kappa shape index (κ2) is 11.7. The molecule has 158 valence electrons. The molecule has 1 aliphatic rings. The molecule has 2 rings (SSSR count). The highest BCUT2D eigenvalue weighted by atomic mass is 19.4. The maximum absolute atomic E-state index is 12.9. The van der Waals surface area contributed by atoms with Crippen LogP contribution in [0.1, 0.15) is 25.3 Å². The zero-order chi connectivity index (χ0) is 20.2. The molecule has 10 heteroatoms. The highest BCUT2D eigenvalue weighted by Gasteiger charge is 2.34. The van der Waals surface area contributed by atoms with Gasteiger partial charge in [0.25, 0.3) is 0 Å². The van der Waals surface area contributed by atoms with Crippen molar-refractivity contribution in [3.63, 3.8) is 0 Å². The maximum atomic E-state index is 12.9. The molecule has 1 unspecified atom stereocenters. The first-order valence-electron chi connectivity index (χ1n) is 9.37. The van der Waals surface area contributed by atoms with Crippen molar-refractivity contribution in [1.82, 2.24) is 15.6 Å². The van der Waals surface area contributed by atoms with Gasteiger partial charge in [0.2, 0.25) is 5.88 Å². The Kier molecular flexibility index (Phi) is 9.29. The summed E-state index contributed by atoms with van der Waals surface area (Å²) in [6, 6.07) is 2.17. The topological polar surface area (TPSA) is 77.0 Å². The Morgan fingerprint density at radius 1 is 1.36 bits per heavy atom. The van der Waals surface area contributed by atoms with Crippen molar-refractivity contribution in [3.8, 4) is 5.88 Å². The van der Waals surface area contributed by atoms with Gasteiger partial charge in [-0.25, -0.2) is 4.98 Å². The average Bonchev–Trinajstić information content (AvgIpc) is 3.18. The third-order valence-corrected chi connectivity index (χ3v) is 3.87. The summed E-state index contributed by atoms with van der Waals surface area (Å²) < 4.78 is 54.8. The van der Waals surface area contributed by atoms with Crippen molar-refractivity contribution in [2.45, 2.75) is 32.0 Å². The number of aliphatic imine (C=N–C) groups is 1. The molecular weight excluding hydrogens is 377 g/mol. The van der Waals surface area contributed by atoms with Crippen LogP contribution in [0.15, 0.2) is 23.3 Å². The van der Waals surface area contributed by atoms with E-state index >= 15 is 0 Å². The van der Waals surface area contributed by atoms with Crippen LogP contribution in [-0.2, 0) is 15.7 Å². The van der Waals surface area contributed by atoms with E-state index in [-0.39, 0.29) is 19.3 Å². The molecule has 2 heterocycles. The smallest absolute Gasteiger partial charge is 0.421 e. The minimum atomic E-state index is -4.50. The molecule has 0 bridgehead atoms. The molecule has 0 aromatic carbocycles. The van der Waals surface area contributed by atoms with Crippen molar-refractivity contribution in [1.29, 1.82) is 0 Å². The van der Waals surface area contributed by atoms with E-state index in [9.17, 15) is 13.2 Å². The van der Waals surface area contributed by atoms with Crippen LogP contribution in [0.4, 0.5) is 13.2 Å². The zero-order valence-electron chi connectivity index (χ0n) is 15.9. The van der Waals surface area contributed by atoms with E-state index < -0.39 is 17.6 Å². The fourth-order valence-corrected chi connectivity index (χ4v) is 2.53. The number of rotatable bonds is 10. The van der Waals surface area contributed by atoms with Crippen LogP contribution in [0.5, 0.6) is 5.88 Å². The summed E-state index contributed by atoms with van der Waals surface area (Å²) in [6.07, 6.45) is -1.35. The molecule has 0 spiro atoms. The van der Waals surface area contributed by atoms with Gasteiger partial charge in [0, 0.05) is 32.5 Å². The van der Waals surface area contributed by atoms with Gasteiger partial charge in [-0.2, -0.15) is 13.2 Å². The molecular formula is C18H27F3N4O3. The Morgan fingerprint density at radius 2 is 2.21 bits per heavy atom. The number of ether oxygens (including phenoxy) is 3. The Morgan fingerprint density at radius 3 is 2.93 bits per heavy atom. The molecule has 7 nitrogen and oxygen atoms in total. The maximum Gasteiger partial charge on any atom is 0.421 e. The Balaban J connectivity index is 1.69. The van der Waals surface area contributed by atoms with Crippen molar-refractivity contribution in [3.05, 3.63) is 23.9 Å². The van der Waals surface area contributed by atoms with Gasteiger partial charge < -0.3 is 24.8 Å². The van der Waals surface area contributed by atoms with Crippen LogP contribution in [0.25, 0.3) is 0 Å². The Hall–Kier alpha value is -2.07. The second-order valence-corrected chi connectivity index (χ2v) is 6.10. The monoisotopic (exact) mass is 404 g/mol. The number of alkyl halides is 3. The van der Waals surface area contributed by atoms with Crippen LogP contribution < -0.4 is 15.4 Å². The Labute approximate surface area is 162 Å². The molecule has 0 saturated carbocycles. The number of guanidine groups is 1. The fraction of sp³-hybridized carbons (Fsp3) is 0.667. The second-order valence-electron chi connectivity index (χ2n) is 6.10. The third kappa shape index (κ3) is 7.89. The molecule has 1 saturated heterocycles. The number of pyridine rings is 1. The summed E-state index contributed by atoms with van der Waals surface area (Å²) in [6.45, 7) is 5.50. The predicted octanol–water partition coefficient (Wildman–Crippen LogP) is 2.23. The highest BCUT2D eigenvalue weighted by molar-refractivity contribution is 5.79. The Bertz CT molecular complexity index is 608. The summed E-state index contributed by atoms with van der Waals surface area (Å²) in [5, 5.41) is 6.10. The summed E-state index contributed by atoms with van der Waals surface area (Å²) in [5.41, 5.74) is -0.886. The van der Waals surface area contributed by atoms with Gasteiger partial charge in [0.05, 0.1) is 19.3 Å². The summed E-state index contributed by atoms with van der Waals surface area (Å²) in [7, 11) is 0. The van der Waals surface area contributed by atoms with Crippen molar-refractivity contribution >= 4 is 5.96 Å². The number of nitrogens with zero attached hydrogens (tertiary/aromatic N) is 2. The van der Waals surface area contributed by atoms with Crippen LogP contribution in [0, 0.1) is 0 Å². The van der Waals surface area contributed by atoms with Crippen LogP contribution in [0.3, 0.4) is 0 Å². The summed E-state index contributed by atoms with van der Waals surface area (Å²) >= 11 is 0. The predicted molar refractivity (Wildman–Crippen MR) is 98.5 cm³/mol. The average molecular weight is 404 g/mol. The van der Waals surface area contributed by atoms with Crippen molar-refractivity contribution in [2.24, 2.45) is 4.99 Å². The van der Waals surface area contributed by atoms with E-state index in [4.69, 9.17) is 14.2 Å². The normalized spacial score (nSPS) is 17.6. The lowest BCUT2D eigenvalue weighted by Crippen LogP contribution is -2.39. The minimum absolute atomic E-state index is 0.0231. The van der Waals surface area contributed by atoms with Gasteiger partial charge in [-0.3, -0.25) is 4.99 Å². The lowest BCUT2D eigenvalue weighted by molar-refractivity contribution is -0.139. The minimum Gasteiger partial charge on any atom is -0.475 e. The van der Waals surface area contributed by atoms with Gasteiger partial charge in [-0.1, -0.05) is 0 Å². The highest BCUT2D eigenvalue weighted by Crippen LogP contribution is 2.34. The van der Waals surface area contributed by atoms with Crippen LogP contribution in [-0.4, -0.2) is 63.1 Å². The van der Waals surface area contributed by atoms with Gasteiger partial charge in [-0.05, 0) is 31.9 Å². The third-order valence-electron chi connectivity index (χ3n) is 3.87. The summed E-state index contributed by atoms with van der Waals surface area (Å²) in [5.74, 6) is 0.152. The van der Waals surface area contributed by atoms with E-state index in [2.05, 4.69) is 20.6 Å². The van der Waals surface area contributed by atoms with Gasteiger partial charge in [0.1, 0.15) is 12.2 Å². The van der Waals surface area contributed by atoms with E-state index in [1.807, 2.05) is 6.92 Å². The molecule has 0 amide bonds. The zero-order valence-corrected chi connectivity index (χ0v) is 15.9. The van der Waals surface area contributed by atoms with E-state index in [1.165, 1.54) is 12.3 Å². The molecule has 28 heavy (non-hydrogen) atoms. The lowest BCUT2D eigenvalue weighted by atomic mass is 10.2. The number of aromatic nitrogens is 1. The first-order chi connectivity index (χ1) is 13.5. The van der Waals surface area contributed by atoms with E-state index in [0.29, 0.717) is 32.3 Å². The number of hydrogen-bond acceptors (Lipinski definition) is 5. The van der Waals surface area contributed by atoms with Crippen molar-refractivity contribution < 1.29 is 27.4 Å². The standard InChI is InChI=1S/C18H27F3N4O3/c1-2-22-17(24-8-4-10-27-14-6-11-26-13-14)25-9-12-28-16-15(18(19,20)21)5-3-7-23-16/h3,5,7,14H,2,4,6,8-13H2,1H3,(H2,22,24,25). The molecule has 1 atom stereocenters. The molecule has 1 aromatic rings. The van der Waals surface area contributed by atoms with E-state index in [1.54, 1.807) is 0 Å². The largest absolute Gasteiger partial charge is 0.475 e. The van der Waals surface area contributed by atoms with Gasteiger partial charge in [0.15, 0.2) is 5.96 Å². The number of nitrogens with one attached hydrogen (secondary N) is 2. The first-order valence-corrected chi connectivity index (χ1v) is 9.37. The molecule has 0 radical (unpaired) electrons.